The van der Waals surface area contributed by atoms with Gasteiger partial charge in [0.25, 0.3) is 0 Å². The molecule has 2 aromatic rings. The average Bonchev–Trinajstić information content (AvgIpc) is 2.93. The topological polar surface area (TPSA) is 9.23 Å². The van der Waals surface area contributed by atoms with Crippen LogP contribution >= 0.6 is 0 Å². The monoisotopic (exact) mass is 512 g/mol. The molecule has 3 heteroatoms. The Morgan fingerprint density at radius 1 is 0.649 bits per heavy atom. The third-order valence-electron chi connectivity index (χ3n) is 8.31. The summed E-state index contributed by atoms with van der Waals surface area (Å²) in [5.74, 6) is -0.192. The first kappa shape index (κ1) is 29.7. The van der Waals surface area contributed by atoms with Crippen molar-refractivity contribution in [2.75, 3.05) is 6.61 Å². The highest BCUT2D eigenvalue weighted by molar-refractivity contribution is 5.65. The van der Waals surface area contributed by atoms with Crippen LogP contribution in [0.25, 0.3) is 11.1 Å². The fourth-order valence-electron chi connectivity index (χ4n) is 5.86. The van der Waals surface area contributed by atoms with Crippen LogP contribution in [0, 0.1) is 17.6 Å². The molecular formula is C34H50F2O. The Kier molecular flexibility index (Phi) is 13.5. The zero-order valence-corrected chi connectivity index (χ0v) is 23.5. The van der Waals surface area contributed by atoms with Gasteiger partial charge in [-0.05, 0) is 67.2 Å². The lowest BCUT2D eigenvalue weighted by molar-refractivity contribution is 0.285. The number of rotatable bonds is 17. The van der Waals surface area contributed by atoms with Crippen molar-refractivity contribution in [3.63, 3.8) is 0 Å². The van der Waals surface area contributed by atoms with E-state index >= 15 is 0 Å². The molecule has 0 aliphatic heterocycles. The largest absolute Gasteiger partial charge is 0.490 e. The number of hydrogen-bond donors (Lipinski definition) is 0. The van der Waals surface area contributed by atoms with Crippen LogP contribution in [0.4, 0.5) is 8.78 Å². The van der Waals surface area contributed by atoms with Crippen molar-refractivity contribution in [2.45, 2.75) is 129 Å². The summed E-state index contributed by atoms with van der Waals surface area (Å²) >= 11 is 0. The Hall–Kier alpha value is -1.90. The predicted molar refractivity (Wildman–Crippen MR) is 153 cm³/mol. The van der Waals surface area contributed by atoms with E-state index in [1.807, 2.05) is 12.1 Å². The van der Waals surface area contributed by atoms with Gasteiger partial charge in [-0.2, -0.15) is 4.39 Å². The highest BCUT2D eigenvalue weighted by Crippen LogP contribution is 2.39. The van der Waals surface area contributed by atoms with E-state index in [-0.39, 0.29) is 5.75 Å². The van der Waals surface area contributed by atoms with Crippen LogP contribution in [0.5, 0.6) is 5.75 Å². The quantitative estimate of drug-likeness (QED) is 0.191. The summed E-state index contributed by atoms with van der Waals surface area (Å²) in [6.07, 6.45) is 21.5. The maximum Gasteiger partial charge on any atom is 0.201 e. The van der Waals surface area contributed by atoms with Crippen LogP contribution in [-0.4, -0.2) is 6.61 Å². The summed E-state index contributed by atoms with van der Waals surface area (Å²) in [7, 11) is 0. The van der Waals surface area contributed by atoms with Crippen LogP contribution in [0.1, 0.15) is 134 Å². The zero-order chi connectivity index (χ0) is 26.3. The van der Waals surface area contributed by atoms with Crippen molar-refractivity contribution in [1.29, 1.82) is 0 Å². The van der Waals surface area contributed by atoms with Crippen LogP contribution in [0.2, 0.25) is 0 Å². The first-order chi connectivity index (χ1) is 18.1. The molecule has 3 rings (SSSR count). The lowest BCUT2D eigenvalue weighted by Crippen LogP contribution is -2.13. The maximum atomic E-state index is 14.9. The van der Waals surface area contributed by atoms with Gasteiger partial charge >= 0.3 is 0 Å². The molecule has 0 unspecified atom stereocenters. The molecule has 0 amide bonds. The normalized spacial score (nSPS) is 17.7. The molecule has 0 aromatic heterocycles. The molecule has 1 aliphatic rings. The minimum atomic E-state index is -0.877. The van der Waals surface area contributed by atoms with Gasteiger partial charge in [0, 0.05) is 5.56 Å². The second kappa shape index (κ2) is 16.8. The van der Waals surface area contributed by atoms with Crippen LogP contribution in [0.3, 0.4) is 0 Å². The smallest absolute Gasteiger partial charge is 0.201 e. The Balaban J connectivity index is 1.45. The number of ether oxygens (including phenoxy) is 1. The van der Waals surface area contributed by atoms with Gasteiger partial charge in [-0.25, -0.2) is 4.39 Å². The van der Waals surface area contributed by atoms with E-state index in [0.717, 1.165) is 24.3 Å². The lowest BCUT2D eigenvalue weighted by Gasteiger charge is -2.29. The Bertz CT molecular complexity index is 883. The number of halogens is 2. The minimum absolute atomic E-state index is 0.0194. The van der Waals surface area contributed by atoms with Gasteiger partial charge in [0.2, 0.25) is 5.82 Å². The SMILES string of the molecule is CCCCCCCCCOc1ccc(-c2ccc(C3CCC(CCCCCCC)CC3)cc2)c(F)c1F. The second-order valence-corrected chi connectivity index (χ2v) is 11.3. The van der Waals surface area contributed by atoms with Gasteiger partial charge < -0.3 is 4.74 Å². The first-order valence-corrected chi connectivity index (χ1v) is 15.3. The lowest BCUT2D eigenvalue weighted by atomic mass is 9.77. The molecule has 0 spiro atoms. The Morgan fingerprint density at radius 2 is 1.24 bits per heavy atom. The first-order valence-electron chi connectivity index (χ1n) is 15.3. The molecule has 1 aliphatic carbocycles. The standard InChI is InChI=1S/C34H50F2O/c1-3-5-7-9-10-12-14-26-37-32-25-24-31(33(35)34(32)36)30-22-20-29(21-23-30)28-18-16-27(17-19-28)15-13-11-8-6-4-2/h20-25,27-28H,3-19,26H2,1-2H3. The summed E-state index contributed by atoms with van der Waals surface area (Å²) in [5.41, 5.74) is 2.36. The van der Waals surface area contributed by atoms with E-state index in [4.69, 9.17) is 4.74 Å². The van der Waals surface area contributed by atoms with Gasteiger partial charge in [0.1, 0.15) is 0 Å². The van der Waals surface area contributed by atoms with E-state index in [1.165, 1.54) is 102 Å². The van der Waals surface area contributed by atoms with Gasteiger partial charge in [0.05, 0.1) is 6.61 Å². The van der Waals surface area contributed by atoms with Crippen molar-refractivity contribution in [3.8, 4) is 16.9 Å². The summed E-state index contributed by atoms with van der Waals surface area (Å²) in [4.78, 5) is 0. The molecule has 206 valence electrons. The molecule has 0 atom stereocenters. The summed E-state index contributed by atoms with van der Waals surface area (Å²) in [5, 5.41) is 0. The molecule has 2 aromatic carbocycles. The van der Waals surface area contributed by atoms with Crippen molar-refractivity contribution in [1.82, 2.24) is 0 Å². The molecule has 1 nitrogen and oxygen atoms in total. The highest BCUT2D eigenvalue weighted by Gasteiger charge is 2.22. The summed E-state index contributed by atoms with van der Waals surface area (Å²) in [6.45, 7) is 4.91. The predicted octanol–water partition coefficient (Wildman–Crippen LogP) is 11.4. The summed E-state index contributed by atoms with van der Waals surface area (Å²) in [6, 6.07) is 11.4. The Morgan fingerprint density at radius 3 is 1.89 bits per heavy atom. The van der Waals surface area contributed by atoms with Gasteiger partial charge in [-0.1, -0.05) is 115 Å². The fraction of sp³-hybridized carbons (Fsp3) is 0.647. The highest BCUT2D eigenvalue weighted by atomic mass is 19.2. The van der Waals surface area contributed by atoms with E-state index < -0.39 is 11.6 Å². The minimum Gasteiger partial charge on any atom is -0.490 e. The van der Waals surface area contributed by atoms with Crippen molar-refractivity contribution in [2.24, 2.45) is 5.92 Å². The van der Waals surface area contributed by atoms with E-state index in [0.29, 0.717) is 18.1 Å². The molecule has 0 bridgehead atoms. The van der Waals surface area contributed by atoms with Gasteiger partial charge in [0.15, 0.2) is 11.6 Å². The summed E-state index contributed by atoms with van der Waals surface area (Å²) < 4.78 is 35.2. The number of benzene rings is 2. The van der Waals surface area contributed by atoms with Crippen LogP contribution in [-0.2, 0) is 0 Å². The van der Waals surface area contributed by atoms with E-state index in [1.54, 1.807) is 12.1 Å². The molecule has 0 saturated heterocycles. The van der Waals surface area contributed by atoms with E-state index in [9.17, 15) is 8.78 Å². The third-order valence-corrected chi connectivity index (χ3v) is 8.31. The van der Waals surface area contributed by atoms with E-state index in [2.05, 4.69) is 26.0 Å². The van der Waals surface area contributed by atoms with Crippen molar-refractivity contribution < 1.29 is 13.5 Å². The maximum absolute atomic E-state index is 14.9. The zero-order valence-electron chi connectivity index (χ0n) is 23.5. The third kappa shape index (κ3) is 9.73. The molecule has 1 saturated carbocycles. The molecule has 0 radical (unpaired) electrons. The van der Waals surface area contributed by atoms with Crippen molar-refractivity contribution >= 4 is 0 Å². The van der Waals surface area contributed by atoms with Crippen LogP contribution < -0.4 is 4.74 Å². The van der Waals surface area contributed by atoms with Gasteiger partial charge in [-0.3, -0.25) is 0 Å². The second-order valence-electron chi connectivity index (χ2n) is 11.3. The molecule has 37 heavy (non-hydrogen) atoms. The molecular weight excluding hydrogens is 462 g/mol. The molecule has 1 fully saturated rings. The fourth-order valence-corrected chi connectivity index (χ4v) is 5.86. The van der Waals surface area contributed by atoms with Gasteiger partial charge in [-0.15, -0.1) is 0 Å². The Labute approximate surface area is 225 Å². The molecule has 0 N–H and O–H groups in total. The van der Waals surface area contributed by atoms with Crippen molar-refractivity contribution in [3.05, 3.63) is 53.6 Å². The number of hydrogen-bond acceptors (Lipinski definition) is 1. The molecule has 0 heterocycles. The number of unbranched alkanes of at least 4 members (excludes halogenated alkanes) is 10. The average molecular weight is 513 g/mol. The van der Waals surface area contributed by atoms with Crippen LogP contribution in [0.15, 0.2) is 36.4 Å².